The normalized spacial score (nSPS) is 10.4. The standard InChI is InChI=1S/C5H8N4O2.C2HF3O2/c6-1-3-8-4-2-7-5(8)9(10)11;3-2(4,5)1(6)7/h2,4H,1,3,6H2;(H,6,7). The summed E-state index contributed by atoms with van der Waals surface area (Å²) >= 11 is 0. The molecule has 0 aliphatic carbocycles. The van der Waals surface area contributed by atoms with E-state index < -0.39 is 17.1 Å². The van der Waals surface area contributed by atoms with Crippen LogP contribution in [0.3, 0.4) is 0 Å². The molecule has 0 saturated carbocycles. The summed E-state index contributed by atoms with van der Waals surface area (Å²) in [5.41, 5.74) is 5.22. The number of hydrogen-bond acceptors (Lipinski definition) is 5. The number of imidazole rings is 1. The summed E-state index contributed by atoms with van der Waals surface area (Å²) in [6, 6.07) is 0. The first-order chi connectivity index (χ1) is 8.20. The van der Waals surface area contributed by atoms with Crippen LogP contribution in [0, 0.1) is 10.1 Å². The van der Waals surface area contributed by atoms with Gasteiger partial charge in [0.05, 0.1) is 6.54 Å². The van der Waals surface area contributed by atoms with Gasteiger partial charge in [-0.15, -0.1) is 0 Å². The second-order valence-electron chi connectivity index (χ2n) is 2.77. The molecule has 0 aliphatic rings. The first-order valence-corrected chi connectivity index (χ1v) is 4.35. The van der Waals surface area contributed by atoms with Gasteiger partial charge in [-0.3, -0.25) is 0 Å². The Labute approximate surface area is 98.0 Å². The molecule has 0 aliphatic heterocycles. The maximum atomic E-state index is 10.6. The van der Waals surface area contributed by atoms with Crippen molar-refractivity contribution >= 4 is 11.9 Å². The minimum Gasteiger partial charge on any atom is -0.475 e. The zero-order valence-electron chi connectivity index (χ0n) is 8.79. The van der Waals surface area contributed by atoms with Gasteiger partial charge in [-0.2, -0.15) is 13.2 Å². The maximum Gasteiger partial charge on any atom is 0.490 e. The molecule has 0 atom stereocenters. The Hall–Kier alpha value is -2.17. The summed E-state index contributed by atoms with van der Waals surface area (Å²) in [5, 5.41) is 17.4. The van der Waals surface area contributed by atoms with E-state index in [0.717, 1.165) is 0 Å². The molecule has 0 saturated heterocycles. The van der Waals surface area contributed by atoms with Gasteiger partial charge in [0.1, 0.15) is 12.4 Å². The molecule has 0 unspecified atom stereocenters. The fraction of sp³-hybridized carbons (Fsp3) is 0.429. The number of halogens is 3. The Morgan fingerprint density at radius 3 is 2.44 bits per heavy atom. The molecule has 1 aromatic rings. The number of aromatic nitrogens is 2. The van der Waals surface area contributed by atoms with E-state index in [2.05, 4.69) is 4.98 Å². The molecule has 102 valence electrons. The van der Waals surface area contributed by atoms with E-state index >= 15 is 0 Å². The van der Waals surface area contributed by atoms with Crippen molar-refractivity contribution < 1.29 is 28.0 Å². The highest BCUT2D eigenvalue weighted by atomic mass is 19.4. The first-order valence-electron chi connectivity index (χ1n) is 4.35. The molecule has 1 aromatic heterocycles. The lowest BCUT2D eigenvalue weighted by atomic mass is 10.6. The summed E-state index contributed by atoms with van der Waals surface area (Å²) < 4.78 is 33.1. The van der Waals surface area contributed by atoms with Gasteiger partial charge >= 0.3 is 18.1 Å². The van der Waals surface area contributed by atoms with Crippen molar-refractivity contribution in [1.82, 2.24) is 9.55 Å². The molecule has 0 spiro atoms. The quantitative estimate of drug-likeness (QED) is 0.604. The van der Waals surface area contributed by atoms with Crippen LogP contribution in [0.1, 0.15) is 0 Å². The minimum atomic E-state index is -5.08. The van der Waals surface area contributed by atoms with Gasteiger partial charge in [0.2, 0.25) is 0 Å². The van der Waals surface area contributed by atoms with Crippen LogP contribution in [0.4, 0.5) is 19.1 Å². The molecule has 3 N–H and O–H groups in total. The number of aliphatic carboxylic acids is 1. The molecule has 11 heteroatoms. The van der Waals surface area contributed by atoms with Crippen LogP contribution >= 0.6 is 0 Å². The van der Waals surface area contributed by atoms with E-state index in [-0.39, 0.29) is 5.95 Å². The van der Waals surface area contributed by atoms with E-state index in [1.54, 1.807) is 0 Å². The Morgan fingerprint density at radius 2 is 2.11 bits per heavy atom. The molecule has 0 radical (unpaired) electrons. The van der Waals surface area contributed by atoms with Gasteiger partial charge in [0.25, 0.3) is 0 Å². The van der Waals surface area contributed by atoms with Crippen molar-refractivity contribution in [2.75, 3.05) is 6.54 Å². The van der Waals surface area contributed by atoms with Gasteiger partial charge in [-0.1, -0.05) is 4.98 Å². The van der Waals surface area contributed by atoms with Gasteiger partial charge < -0.3 is 21.0 Å². The van der Waals surface area contributed by atoms with Gasteiger partial charge in [0, 0.05) is 6.54 Å². The third-order valence-electron chi connectivity index (χ3n) is 1.47. The van der Waals surface area contributed by atoms with E-state index in [1.807, 2.05) is 0 Å². The number of rotatable bonds is 3. The Balaban J connectivity index is 0.000000360. The van der Waals surface area contributed by atoms with Crippen LogP contribution in [0.15, 0.2) is 12.4 Å². The third-order valence-corrected chi connectivity index (χ3v) is 1.47. The second kappa shape index (κ2) is 6.54. The highest BCUT2D eigenvalue weighted by molar-refractivity contribution is 5.73. The summed E-state index contributed by atoms with van der Waals surface area (Å²) in [4.78, 5) is 22.1. The average molecular weight is 270 g/mol. The average Bonchev–Trinajstić information content (AvgIpc) is 2.66. The van der Waals surface area contributed by atoms with E-state index in [1.165, 1.54) is 17.0 Å². The van der Waals surface area contributed by atoms with Crippen molar-refractivity contribution in [2.24, 2.45) is 5.73 Å². The number of nitrogens with two attached hydrogens (primary N) is 1. The lowest BCUT2D eigenvalue weighted by molar-refractivity contribution is -0.396. The van der Waals surface area contributed by atoms with Crippen LogP contribution in [-0.4, -0.2) is 38.3 Å². The molecule has 8 nitrogen and oxygen atoms in total. The topological polar surface area (TPSA) is 124 Å². The van der Waals surface area contributed by atoms with Gasteiger partial charge in [0.15, 0.2) is 0 Å². The van der Waals surface area contributed by atoms with Crippen molar-refractivity contribution in [1.29, 1.82) is 0 Å². The fourth-order valence-electron chi connectivity index (χ4n) is 0.787. The molecular weight excluding hydrogens is 261 g/mol. The Bertz CT molecular complexity index is 417. The van der Waals surface area contributed by atoms with E-state index in [0.29, 0.717) is 13.1 Å². The molecule has 0 bridgehead atoms. The van der Waals surface area contributed by atoms with Crippen molar-refractivity contribution in [2.45, 2.75) is 12.7 Å². The van der Waals surface area contributed by atoms with Crippen molar-refractivity contribution in [3.8, 4) is 0 Å². The van der Waals surface area contributed by atoms with Crippen LogP contribution in [0.5, 0.6) is 0 Å². The predicted molar refractivity (Wildman–Crippen MR) is 51.6 cm³/mol. The van der Waals surface area contributed by atoms with Gasteiger partial charge in [-0.25, -0.2) is 9.36 Å². The van der Waals surface area contributed by atoms with Crippen LogP contribution < -0.4 is 5.73 Å². The van der Waals surface area contributed by atoms with Gasteiger partial charge in [-0.05, 0) is 4.92 Å². The number of nitro groups is 1. The zero-order valence-corrected chi connectivity index (χ0v) is 8.79. The monoisotopic (exact) mass is 270 g/mol. The second-order valence-corrected chi connectivity index (χ2v) is 2.77. The summed E-state index contributed by atoms with van der Waals surface area (Å²) in [6.07, 6.45) is -2.17. The van der Waals surface area contributed by atoms with Crippen molar-refractivity contribution in [3.63, 3.8) is 0 Å². The molecule has 1 rings (SSSR count). The molecule has 1 heterocycles. The van der Waals surface area contributed by atoms with Crippen LogP contribution in [-0.2, 0) is 11.3 Å². The van der Waals surface area contributed by atoms with E-state index in [9.17, 15) is 23.3 Å². The first kappa shape index (κ1) is 15.8. The maximum absolute atomic E-state index is 10.6. The predicted octanol–water partition coefficient (Wildman–Crippen LogP) is 0.383. The lowest BCUT2D eigenvalue weighted by Gasteiger charge is -1.96. The number of carboxylic acid groups (broad SMARTS) is 1. The summed E-state index contributed by atoms with van der Waals surface area (Å²) in [5.74, 6) is -2.91. The number of alkyl halides is 3. The summed E-state index contributed by atoms with van der Waals surface area (Å²) in [7, 11) is 0. The molecule has 0 fully saturated rings. The van der Waals surface area contributed by atoms with E-state index in [4.69, 9.17) is 15.6 Å². The molecule has 0 amide bonds. The number of nitrogens with zero attached hydrogens (tertiary/aromatic N) is 3. The minimum absolute atomic E-state index is 0.157. The van der Waals surface area contributed by atoms with Crippen molar-refractivity contribution in [3.05, 3.63) is 22.5 Å². The largest absolute Gasteiger partial charge is 0.490 e. The lowest BCUT2D eigenvalue weighted by Crippen LogP contribution is -2.21. The van der Waals surface area contributed by atoms with Crippen LogP contribution in [0.25, 0.3) is 0 Å². The molecule has 0 aromatic carbocycles. The Morgan fingerprint density at radius 1 is 1.61 bits per heavy atom. The third kappa shape index (κ3) is 5.25. The number of carboxylic acids is 1. The highest BCUT2D eigenvalue weighted by Gasteiger charge is 2.38. The molecule has 18 heavy (non-hydrogen) atoms. The summed E-state index contributed by atoms with van der Waals surface area (Å²) in [6.45, 7) is 0.799. The smallest absolute Gasteiger partial charge is 0.475 e. The number of hydrogen-bond donors (Lipinski definition) is 2. The molecular formula is C7H9F3N4O4. The van der Waals surface area contributed by atoms with Crippen LogP contribution in [0.2, 0.25) is 0 Å². The highest BCUT2D eigenvalue weighted by Crippen LogP contribution is 2.13. The number of carbonyl (C=O) groups is 1. The zero-order chi connectivity index (χ0) is 14.3. The Kier molecular flexibility index (Phi) is 5.75. The SMILES string of the molecule is NCCn1ccnc1[N+](=O)[O-].O=C(O)C(F)(F)F. The fourth-order valence-corrected chi connectivity index (χ4v) is 0.787.